The second-order valence-corrected chi connectivity index (χ2v) is 5.39. The fourth-order valence-electron chi connectivity index (χ4n) is 2.45. The molecule has 2 heterocycles. The Morgan fingerprint density at radius 3 is 2.94 bits per heavy atom. The van der Waals surface area contributed by atoms with Crippen molar-refractivity contribution in [2.24, 2.45) is 5.41 Å². The van der Waals surface area contributed by atoms with Crippen LogP contribution in [0.15, 0.2) is 18.5 Å². The Bertz CT molecular complexity index is 429. The van der Waals surface area contributed by atoms with Crippen molar-refractivity contribution in [1.82, 2.24) is 4.98 Å². The molecular weight excluding hydrogens is 216 g/mol. The number of hydrogen-bond acceptors (Lipinski definition) is 3. The van der Waals surface area contributed by atoms with Crippen molar-refractivity contribution in [2.45, 2.75) is 26.7 Å². The maximum absolute atomic E-state index is 11.2. The zero-order valence-electron chi connectivity index (χ0n) is 10.3. The summed E-state index contributed by atoms with van der Waals surface area (Å²) in [5.74, 6) is -0.884. The summed E-state index contributed by atoms with van der Waals surface area (Å²) < 4.78 is 0. The average molecular weight is 234 g/mol. The van der Waals surface area contributed by atoms with Crippen LogP contribution in [0.3, 0.4) is 0 Å². The number of carbonyl (C=O) groups is 1. The molecule has 0 saturated carbocycles. The lowest BCUT2D eigenvalue weighted by Crippen LogP contribution is -2.40. The normalized spacial score (nSPS) is 19.1. The van der Waals surface area contributed by atoms with E-state index in [9.17, 15) is 9.90 Å². The third-order valence-electron chi connectivity index (χ3n) is 3.27. The van der Waals surface area contributed by atoms with Gasteiger partial charge >= 0.3 is 5.97 Å². The molecule has 1 aromatic heterocycles. The van der Waals surface area contributed by atoms with Crippen molar-refractivity contribution in [3.05, 3.63) is 24.0 Å². The molecular formula is C13H18N2O2. The Kier molecular flexibility index (Phi) is 3.05. The SMILES string of the molecule is CC1(C)CCCN(c2cnccc2C(=O)O)C1. The van der Waals surface area contributed by atoms with Gasteiger partial charge in [0, 0.05) is 19.3 Å². The number of aromatic nitrogens is 1. The summed E-state index contributed by atoms with van der Waals surface area (Å²) in [6.45, 7) is 6.24. The first-order valence-electron chi connectivity index (χ1n) is 5.92. The predicted octanol–water partition coefficient (Wildman–Crippen LogP) is 2.41. The van der Waals surface area contributed by atoms with Crippen LogP contribution in [0.25, 0.3) is 0 Å². The van der Waals surface area contributed by atoms with Crippen molar-refractivity contribution in [1.29, 1.82) is 0 Å². The van der Waals surface area contributed by atoms with E-state index in [-0.39, 0.29) is 5.41 Å². The number of nitrogens with zero attached hydrogens (tertiary/aromatic N) is 2. The van der Waals surface area contributed by atoms with Crippen LogP contribution in [-0.4, -0.2) is 29.1 Å². The number of piperidine rings is 1. The first-order chi connectivity index (χ1) is 7.99. The quantitative estimate of drug-likeness (QED) is 0.853. The van der Waals surface area contributed by atoms with Crippen molar-refractivity contribution >= 4 is 11.7 Å². The Morgan fingerprint density at radius 1 is 1.53 bits per heavy atom. The Hall–Kier alpha value is -1.58. The van der Waals surface area contributed by atoms with Gasteiger partial charge in [-0.25, -0.2) is 4.79 Å². The summed E-state index contributed by atoms with van der Waals surface area (Å²) in [4.78, 5) is 17.4. The third kappa shape index (κ3) is 2.57. The predicted molar refractivity (Wildman–Crippen MR) is 66.4 cm³/mol. The molecule has 2 rings (SSSR count). The molecule has 0 spiro atoms. The number of anilines is 1. The molecule has 1 saturated heterocycles. The van der Waals surface area contributed by atoms with E-state index >= 15 is 0 Å². The van der Waals surface area contributed by atoms with Crippen molar-refractivity contribution < 1.29 is 9.90 Å². The van der Waals surface area contributed by atoms with Crippen molar-refractivity contribution in [3.63, 3.8) is 0 Å². The van der Waals surface area contributed by atoms with E-state index in [2.05, 4.69) is 23.7 Å². The van der Waals surface area contributed by atoms with Gasteiger partial charge in [-0.3, -0.25) is 4.98 Å². The lowest BCUT2D eigenvalue weighted by Gasteiger charge is -2.39. The van der Waals surface area contributed by atoms with E-state index in [0.717, 1.165) is 25.2 Å². The number of carboxylic acid groups (broad SMARTS) is 1. The molecule has 1 aliphatic rings. The monoisotopic (exact) mass is 234 g/mol. The standard InChI is InChI=1S/C13H18N2O2/c1-13(2)5-3-7-15(9-13)11-8-14-6-4-10(11)12(16)17/h4,6,8H,3,5,7,9H2,1-2H3,(H,16,17). The number of pyridine rings is 1. The van der Waals surface area contributed by atoms with E-state index in [0.29, 0.717) is 5.56 Å². The van der Waals surface area contributed by atoms with E-state index in [1.807, 2.05) is 0 Å². The van der Waals surface area contributed by atoms with Crippen LogP contribution in [0.2, 0.25) is 0 Å². The van der Waals surface area contributed by atoms with Gasteiger partial charge in [0.1, 0.15) is 0 Å². The van der Waals surface area contributed by atoms with Gasteiger partial charge in [0.05, 0.1) is 17.4 Å². The molecule has 0 unspecified atom stereocenters. The molecule has 0 aromatic carbocycles. The molecule has 17 heavy (non-hydrogen) atoms. The molecule has 0 radical (unpaired) electrons. The van der Waals surface area contributed by atoms with E-state index in [1.165, 1.54) is 12.6 Å². The molecule has 4 nitrogen and oxygen atoms in total. The molecule has 0 atom stereocenters. The van der Waals surface area contributed by atoms with Gasteiger partial charge in [-0.2, -0.15) is 0 Å². The number of aromatic carboxylic acids is 1. The Labute approximate surface area is 101 Å². The van der Waals surface area contributed by atoms with E-state index in [1.54, 1.807) is 12.3 Å². The topological polar surface area (TPSA) is 53.4 Å². The Balaban J connectivity index is 2.30. The zero-order chi connectivity index (χ0) is 12.5. The molecule has 1 N–H and O–H groups in total. The van der Waals surface area contributed by atoms with Gasteiger partial charge < -0.3 is 10.0 Å². The maximum Gasteiger partial charge on any atom is 0.337 e. The summed E-state index contributed by atoms with van der Waals surface area (Å²) >= 11 is 0. The highest BCUT2D eigenvalue weighted by Gasteiger charge is 2.28. The van der Waals surface area contributed by atoms with Crippen molar-refractivity contribution in [3.8, 4) is 0 Å². The molecule has 0 amide bonds. The molecule has 4 heteroatoms. The number of hydrogen-bond donors (Lipinski definition) is 1. The van der Waals surface area contributed by atoms with E-state index < -0.39 is 5.97 Å². The molecule has 1 fully saturated rings. The molecule has 0 aliphatic carbocycles. The van der Waals surface area contributed by atoms with Crippen LogP contribution in [-0.2, 0) is 0 Å². The average Bonchev–Trinajstić information content (AvgIpc) is 2.27. The highest BCUT2D eigenvalue weighted by atomic mass is 16.4. The second-order valence-electron chi connectivity index (χ2n) is 5.39. The first kappa shape index (κ1) is 11.9. The van der Waals surface area contributed by atoms with Gasteiger partial charge in [-0.05, 0) is 24.3 Å². The summed E-state index contributed by atoms with van der Waals surface area (Å²) in [5, 5.41) is 9.17. The molecule has 1 aromatic rings. The summed E-state index contributed by atoms with van der Waals surface area (Å²) in [6, 6.07) is 1.57. The largest absolute Gasteiger partial charge is 0.478 e. The highest BCUT2D eigenvalue weighted by molar-refractivity contribution is 5.94. The molecule has 92 valence electrons. The van der Waals surface area contributed by atoms with Crippen LogP contribution >= 0.6 is 0 Å². The minimum Gasteiger partial charge on any atom is -0.478 e. The van der Waals surface area contributed by atoms with E-state index in [4.69, 9.17) is 0 Å². The van der Waals surface area contributed by atoms with Crippen LogP contribution in [0.4, 0.5) is 5.69 Å². The lowest BCUT2D eigenvalue weighted by atomic mass is 9.84. The van der Waals surface area contributed by atoms with Crippen molar-refractivity contribution in [2.75, 3.05) is 18.0 Å². The summed E-state index contributed by atoms with van der Waals surface area (Å²) in [7, 11) is 0. The van der Waals surface area contributed by atoms with Crippen LogP contribution < -0.4 is 4.90 Å². The minimum atomic E-state index is -0.884. The maximum atomic E-state index is 11.2. The minimum absolute atomic E-state index is 0.240. The third-order valence-corrected chi connectivity index (χ3v) is 3.27. The van der Waals surface area contributed by atoms with Crippen LogP contribution in [0.5, 0.6) is 0 Å². The van der Waals surface area contributed by atoms with Crippen LogP contribution in [0, 0.1) is 5.41 Å². The molecule has 1 aliphatic heterocycles. The van der Waals surface area contributed by atoms with Gasteiger partial charge in [0.2, 0.25) is 0 Å². The number of rotatable bonds is 2. The highest BCUT2D eigenvalue weighted by Crippen LogP contribution is 2.32. The first-order valence-corrected chi connectivity index (χ1v) is 5.92. The number of carboxylic acids is 1. The fraction of sp³-hybridized carbons (Fsp3) is 0.538. The summed E-state index contributed by atoms with van der Waals surface area (Å²) in [5.41, 5.74) is 1.33. The zero-order valence-corrected chi connectivity index (χ0v) is 10.3. The van der Waals surface area contributed by atoms with Crippen LogP contribution in [0.1, 0.15) is 37.0 Å². The smallest absolute Gasteiger partial charge is 0.337 e. The lowest BCUT2D eigenvalue weighted by molar-refractivity contribution is 0.0697. The van der Waals surface area contributed by atoms with Gasteiger partial charge in [0.15, 0.2) is 0 Å². The Morgan fingerprint density at radius 2 is 2.29 bits per heavy atom. The van der Waals surface area contributed by atoms with Gasteiger partial charge in [-0.15, -0.1) is 0 Å². The second kappa shape index (κ2) is 4.35. The summed E-state index contributed by atoms with van der Waals surface area (Å²) in [6.07, 6.45) is 5.47. The fourth-order valence-corrected chi connectivity index (χ4v) is 2.45. The van der Waals surface area contributed by atoms with Gasteiger partial charge in [-0.1, -0.05) is 13.8 Å². The molecule has 0 bridgehead atoms. The van der Waals surface area contributed by atoms with Gasteiger partial charge in [0.25, 0.3) is 0 Å².